The Morgan fingerprint density at radius 1 is 1.11 bits per heavy atom. The average Bonchev–Trinajstić information content (AvgIpc) is 2.86. The first-order valence-electron chi connectivity index (χ1n) is 12.6. The van der Waals surface area contributed by atoms with E-state index in [1.54, 1.807) is 4.90 Å². The number of piperidine rings is 1. The lowest BCUT2D eigenvalue weighted by molar-refractivity contribution is -0.137. The molecule has 1 saturated heterocycles. The Bertz CT molecular complexity index is 1190. The van der Waals surface area contributed by atoms with Gasteiger partial charge in [-0.05, 0) is 55.9 Å². The number of halogens is 3. The van der Waals surface area contributed by atoms with Gasteiger partial charge in [0.15, 0.2) is 5.69 Å². The van der Waals surface area contributed by atoms with E-state index in [2.05, 4.69) is 15.3 Å². The normalized spacial score (nSPS) is 17.3. The molecule has 2 aromatic rings. The number of aromatic nitrogens is 2. The highest BCUT2D eigenvalue weighted by molar-refractivity contribution is 5.96. The van der Waals surface area contributed by atoms with Crippen LogP contribution in [0, 0.1) is 5.92 Å². The van der Waals surface area contributed by atoms with Crippen LogP contribution in [-0.2, 0) is 23.8 Å². The summed E-state index contributed by atoms with van der Waals surface area (Å²) in [7, 11) is 0. The van der Waals surface area contributed by atoms with E-state index in [1.807, 2.05) is 13.8 Å². The molecule has 1 aliphatic carbocycles. The summed E-state index contributed by atoms with van der Waals surface area (Å²) in [4.78, 5) is 47.4. The maximum absolute atomic E-state index is 13.3. The van der Waals surface area contributed by atoms with Crippen molar-refractivity contribution in [3.63, 3.8) is 0 Å². The minimum absolute atomic E-state index is 0.228. The first-order chi connectivity index (χ1) is 17.5. The summed E-state index contributed by atoms with van der Waals surface area (Å²) < 4.78 is 44.1. The van der Waals surface area contributed by atoms with Gasteiger partial charge in [-0.3, -0.25) is 14.4 Å². The summed E-state index contributed by atoms with van der Waals surface area (Å²) >= 11 is 0. The Labute approximate surface area is 212 Å². The number of aryl methyl sites for hydroxylation is 2. The van der Waals surface area contributed by atoms with Crippen LogP contribution in [0.2, 0.25) is 0 Å². The lowest BCUT2D eigenvalue weighted by atomic mass is 9.99. The fraction of sp³-hybridized carbons (Fsp3) is 0.538. The van der Waals surface area contributed by atoms with Crippen LogP contribution in [0.25, 0.3) is 0 Å². The number of aromatic amines is 1. The Morgan fingerprint density at radius 2 is 1.76 bits per heavy atom. The molecule has 200 valence electrons. The monoisotopic (exact) mass is 520 g/mol. The zero-order chi connectivity index (χ0) is 26.7. The second-order valence-electron chi connectivity index (χ2n) is 9.91. The number of H-pyrrole nitrogens is 1. The van der Waals surface area contributed by atoms with E-state index in [0.29, 0.717) is 38.1 Å². The molecule has 4 rings (SSSR count). The maximum Gasteiger partial charge on any atom is 0.416 e. The van der Waals surface area contributed by atoms with Gasteiger partial charge in [0.2, 0.25) is 5.91 Å². The van der Waals surface area contributed by atoms with Gasteiger partial charge in [-0.1, -0.05) is 13.8 Å². The minimum Gasteiger partial charge on any atom is -0.490 e. The molecule has 8 nitrogen and oxygen atoms in total. The Balaban J connectivity index is 1.35. The van der Waals surface area contributed by atoms with Gasteiger partial charge < -0.3 is 19.9 Å². The van der Waals surface area contributed by atoms with Crippen LogP contribution < -0.4 is 15.6 Å². The van der Waals surface area contributed by atoms with Crippen LogP contribution >= 0.6 is 0 Å². The third-order valence-electron chi connectivity index (χ3n) is 6.84. The van der Waals surface area contributed by atoms with Crippen molar-refractivity contribution in [1.29, 1.82) is 0 Å². The van der Waals surface area contributed by atoms with Crippen LogP contribution in [0.4, 0.5) is 13.2 Å². The molecular weight excluding hydrogens is 489 g/mol. The summed E-state index contributed by atoms with van der Waals surface area (Å²) in [6, 6.07) is 3.71. The number of carbonyl (C=O) groups excluding carboxylic acids is 2. The van der Waals surface area contributed by atoms with E-state index in [0.717, 1.165) is 42.8 Å². The average molecular weight is 521 g/mol. The third kappa shape index (κ3) is 6.31. The van der Waals surface area contributed by atoms with Crippen molar-refractivity contribution < 1.29 is 27.5 Å². The number of nitrogens with one attached hydrogen (secondary N) is 2. The van der Waals surface area contributed by atoms with Gasteiger partial charge in [-0.2, -0.15) is 13.2 Å². The van der Waals surface area contributed by atoms with Crippen molar-refractivity contribution >= 4 is 11.8 Å². The smallest absolute Gasteiger partial charge is 0.416 e. The zero-order valence-corrected chi connectivity index (χ0v) is 20.9. The number of rotatable bonds is 6. The van der Waals surface area contributed by atoms with Crippen molar-refractivity contribution in [2.45, 2.75) is 70.7 Å². The molecule has 0 spiro atoms. The van der Waals surface area contributed by atoms with Gasteiger partial charge in [-0.25, -0.2) is 4.98 Å². The highest BCUT2D eigenvalue weighted by Gasteiger charge is 2.33. The molecule has 1 fully saturated rings. The molecule has 1 aromatic carbocycles. The summed E-state index contributed by atoms with van der Waals surface area (Å²) in [5.74, 6) is -0.824. The van der Waals surface area contributed by atoms with Crippen molar-refractivity contribution in [1.82, 2.24) is 20.2 Å². The number of fused-ring (bicyclic) bond motifs is 1. The SMILES string of the molecule is CC(C)[C@H](NC(=O)c1nc2c([nH]c1=O)CCCC2)C(=O)N1CCC(Oc2ccc(C(F)(F)F)cc2)CC1. The molecule has 2 amide bonds. The van der Waals surface area contributed by atoms with E-state index in [1.165, 1.54) is 12.1 Å². The molecule has 0 unspecified atom stereocenters. The number of benzene rings is 1. The van der Waals surface area contributed by atoms with E-state index in [4.69, 9.17) is 4.74 Å². The largest absolute Gasteiger partial charge is 0.490 e. The van der Waals surface area contributed by atoms with Crippen molar-refractivity contribution in [2.75, 3.05) is 13.1 Å². The number of amides is 2. The van der Waals surface area contributed by atoms with Crippen LogP contribution in [0.3, 0.4) is 0 Å². The molecule has 1 aromatic heterocycles. The topological polar surface area (TPSA) is 104 Å². The molecule has 0 bridgehead atoms. The van der Waals surface area contributed by atoms with Crippen molar-refractivity contribution in [3.05, 3.63) is 57.3 Å². The number of ether oxygens (including phenoxy) is 1. The summed E-state index contributed by atoms with van der Waals surface area (Å²) in [5, 5.41) is 2.71. The number of hydrogen-bond donors (Lipinski definition) is 2. The van der Waals surface area contributed by atoms with Gasteiger partial charge in [0.25, 0.3) is 11.5 Å². The summed E-state index contributed by atoms with van der Waals surface area (Å²) in [6.45, 7) is 4.38. The Hall–Kier alpha value is -3.37. The molecule has 1 aliphatic heterocycles. The molecule has 37 heavy (non-hydrogen) atoms. The molecule has 2 N–H and O–H groups in total. The second-order valence-corrected chi connectivity index (χ2v) is 9.91. The fourth-order valence-corrected chi connectivity index (χ4v) is 4.71. The Morgan fingerprint density at radius 3 is 2.38 bits per heavy atom. The van der Waals surface area contributed by atoms with E-state index in [9.17, 15) is 27.6 Å². The third-order valence-corrected chi connectivity index (χ3v) is 6.84. The molecule has 11 heteroatoms. The standard InChI is InChI=1S/C26H31F3N4O4/c1-15(2)21(32-24(35)22-23(34)31-20-6-4-3-5-19(20)30-22)25(36)33-13-11-18(12-14-33)37-17-9-7-16(8-10-17)26(27,28)29/h7-10,15,18,21H,3-6,11-14H2,1-2H3,(H,31,34)(H,32,35)/t21-/m0/s1. The van der Waals surface area contributed by atoms with Crippen LogP contribution in [0.1, 0.15) is 67.0 Å². The fourth-order valence-electron chi connectivity index (χ4n) is 4.71. The number of likely N-dealkylation sites (tertiary alicyclic amines) is 1. The van der Waals surface area contributed by atoms with Crippen LogP contribution in [0.15, 0.2) is 29.1 Å². The Kier molecular flexibility index (Phi) is 7.89. The molecule has 1 atom stereocenters. The molecule has 0 saturated carbocycles. The number of alkyl halides is 3. The van der Waals surface area contributed by atoms with Gasteiger partial charge >= 0.3 is 6.18 Å². The number of hydrogen-bond acceptors (Lipinski definition) is 5. The molecule has 2 aliphatic rings. The minimum atomic E-state index is -4.41. The molecular formula is C26H31F3N4O4. The highest BCUT2D eigenvalue weighted by Crippen LogP contribution is 2.31. The summed E-state index contributed by atoms with van der Waals surface area (Å²) in [6.07, 6.45) is -0.324. The van der Waals surface area contributed by atoms with Gasteiger partial charge in [-0.15, -0.1) is 0 Å². The quantitative estimate of drug-likeness (QED) is 0.607. The molecule has 0 radical (unpaired) electrons. The first kappa shape index (κ1) is 26.7. The lowest BCUT2D eigenvalue weighted by Crippen LogP contribution is -2.54. The van der Waals surface area contributed by atoms with Gasteiger partial charge in [0.05, 0.1) is 11.3 Å². The van der Waals surface area contributed by atoms with E-state index in [-0.39, 0.29) is 23.6 Å². The van der Waals surface area contributed by atoms with E-state index >= 15 is 0 Å². The maximum atomic E-state index is 13.3. The second kappa shape index (κ2) is 10.9. The number of carbonyl (C=O) groups is 2. The van der Waals surface area contributed by atoms with Crippen LogP contribution in [0.5, 0.6) is 5.75 Å². The lowest BCUT2D eigenvalue weighted by Gasteiger charge is -2.35. The number of nitrogens with zero attached hydrogens (tertiary/aromatic N) is 2. The predicted octanol–water partition coefficient (Wildman–Crippen LogP) is 3.49. The first-order valence-corrected chi connectivity index (χ1v) is 12.6. The van der Waals surface area contributed by atoms with Gasteiger partial charge in [0.1, 0.15) is 17.9 Å². The predicted molar refractivity (Wildman–Crippen MR) is 129 cm³/mol. The van der Waals surface area contributed by atoms with E-state index < -0.39 is 29.2 Å². The van der Waals surface area contributed by atoms with Crippen molar-refractivity contribution in [2.24, 2.45) is 5.92 Å². The zero-order valence-electron chi connectivity index (χ0n) is 20.9. The van der Waals surface area contributed by atoms with Crippen LogP contribution in [-0.4, -0.2) is 51.9 Å². The van der Waals surface area contributed by atoms with Gasteiger partial charge in [0, 0.05) is 31.6 Å². The molecule has 2 heterocycles. The summed E-state index contributed by atoms with van der Waals surface area (Å²) in [5.41, 5.74) is -0.0454. The van der Waals surface area contributed by atoms with Crippen molar-refractivity contribution in [3.8, 4) is 5.75 Å². The highest BCUT2D eigenvalue weighted by atomic mass is 19.4.